The molecule has 1 saturated carbocycles. The number of aliphatic hydroxyl groups is 1. The molecular weight excluding hydrogens is 210 g/mol. The Morgan fingerprint density at radius 3 is 2.71 bits per heavy atom. The summed E-state index contributed by atoms with van der Waals surface area (Å²) < 4.78 is 0. The highest BCUT2D eigenvalue weighted by Gasteiger charge is 2.48. The molecule has 1 heterocycles. The molecule has 0 radical (unpaired) electrons. The fourth-order valence-electron chi connectivity index (χ4n) is 3.82. The second-order valence-electron chi connectivity index (χ2n) is 5.62. The summed E-state index contributed by atoms with van der Waals surface area (Å²) in [6, 6.07) is 10.9. The first-order valence-electron chi connectivity index (χ1n) is 6.92. The summed E-state index contributed by atoms with van der Waals surface area (Å²) in [5.74, 6) is 0.451. The molecule has 3 atom stereocenters. The molecule has 2 aliphatic rings. The van der Waals surface area contributed by atoms with E-state index in [0.717, 1.165) is 18.5 Å². The molecule has 1 aromatic carbocycles. The second kappa shape index (κ2) is 4.43. The van der Waals surface area contributed by atoms with E-state index in [2.05, 4.69) is 17.4 Å². The minimum atomic E-state index is -0.568. The number of hydrogen-bond acceptors (Lipinski definition) is 1. The van der Waals surface area contributed by atoms with Crippen molar-refractivity contribution in [1.82, 2.24) is 0 Å². The topological polar surface area (TPSA) is 36.8 Å². The first-order chi connectivity index (χ1) is 8.31. The Hall–Kier alpha value is -0.860. The van der Waals surface area contributed by atoms with Crippen molar-refractivity contribution >= 4 is 0 Å². The van der Waals surface area contributed by atoms with Gasteiger partial charge in [0.2, 0.25) is 0 Å². The van der Waals surface area contributed by atoms with E-state index < -0.39 is 5.60 Å². The fraction of sp³-hybridized carbons (Fsp3) is 0.600. The highest BCUT2D eigenvalue weighted by atomic mass is 16.3. The number of hydrogen-bond donors (Lipinski definition) is 2. The number of nitrogens with two attached hydrogens (primary N) is 1. The van der Waals surface area contributed by atoms with Gasteiger partial charge in [0.25, 0.3) is 0 Å². The lowest BCUT2D eigenvalue weighted by Crippen LogP contribution is -2.95. The molecule has 2 fully saturated rings. The summed E-state index contributed by atoms with van der Waals surface area (Å²) >= 11 is 0. The van der Waals surface area contributed by atoms with Gasteiger partial charge in [-0.2, -0.15) is 0 Å². The van der Waals surface area contributed by atoms with Crippen LogP contribution in [0.15, 0.2) is 30.3 Å². The summed E-state index contributed by atoms with van der Waals surface area (Å²) in [5.41, 5.74) is 0.561. The third kappa shape index (κ3) is 1.90. The average Bonchev–Trinajstić information content (AvgIpc) is 2.40. The van der Waals surface area contributed by atoms with Crippen molar-refractivity contribution in [3.8, 4) is 0 Å². The van der Waals surface area contributed by atoms with Crippen LogP contribution in [0.4, 0.5) is 0 Å². The Balaban J connectivity index is 1.94. The third-order valence-corrected chi connectivity index (χ3v) is 4.70. The Morgan fingerprint density at radius 2 is 1.88 bits per heavy atom. The van der Waals surface area contributed by atoms with E-state index in [9.17, 15) is 5.11 Å². The molecule has 2 nitrogen and oxygen atoms in total. The predicted octanol–water partition coefficient (Wildman–Crippen LogP) is 1.40. The van der Waals surface area contributed by atoms with Gasteiger partial charge in [0.05, 0.1) is 12.6 Å². The van der Waals surface area contributed by atoms with E-state index in [1.807, 2.05) is 18.2 Å². The van der Waals surface area contributed by atoms with Crippen LogP contribution in [0.1, 0.15) is 37.7 Å². The van der Waals surface area contributed by atoms with Gasteiger partial charge in [-0.15, -0.1) is 0 Å². The van der Waals surface area contributed by atoms with E-state index in [1.165, 1.54) is 25.7 Å². The molecule has 0 bridgehead atoms. The van der Waals surface area contributed by atoms with Crippen LogP contribution >= 0.6 is 0 Å². The molecule has 0 amide bonds. The lowest BCUT2D eigenvalue weighted by Gasteiger charge is -2.45. The molecule has 3 rings (SSSR count). The van der Waals surface area contributed by atoms with Gasteiger partial charge in [0, 0.05) is 12.3 Å². The summed E-state index contributed by atoms with van der Waals surface area (Å²) in [6.07, 6.45) is 5.98. The second-order valence-corrected chi connectivity index (χ2v) is 5.62. The SMILES string of the molecule is O[C@]1(c2ccccc2)CC[NH2+][C@H]2CCCC[C@@H]21. The predicted molar refractivity (Wildman–Crippen MR) is 67.5 cm³/mol. The monoisotopic (exact) mass is 232 g/mol. The van der Waals surface area contributed by atoms with Crippen LogP contribution in [-0.2, 0) is 5.60 Å². The molecule has 0 unspecified atom stereocenters. The first-order valence-corrected chi connectivity index (χ1v) is 6.92. The van der Waals surface area contributed by atoms with Gasteiger partial charge < -0.3 is 10.4 Å². The summed E-state index contributed by atoms with van der Waals surface area (Å²) in [7, 11) is 0. The van der Waals surface area contributed by atoms with E-state index >= 15 is 0 Å². The quantitative estimate of drug-likeness (QED) is 0.754. The van der Waals surface area contributed by atoms with Gasteiger partial charge in [-0.25, -0.2) is 0 Å². The van der Waals surface area contributed by atoms with Crippen LogP contribution in [0.2, 0.25) is 0 Å². The number of benzene rings is 1. The number of piperidine rings is 1. The molecule has 3 N–H and O–H groups in total. The van der Waals surface area contributed by atoms with Crippen LogP contribution in [0.5, 0.6) is 0 Å². The maximum Gasteiger partial charge on any atom is 0.103 e. The molecule has 0 spiro atoms. The van der Waals surface area contributed by atoms with Gasteiger partial charge in [-0.1, -0.05) is 36.8 Å². The van der Waals surface area contributed by atoms with E-state index in [-0.39, 0.29) is 0 Å². The molecule has 1 aliphatic carbocycles. The lowest BCUT2D eigenvalue weighted by atomic mass is 9.67. The van der Waals surface area contributed by atoms with Gasteiger partial charge in [-0.05, 0) is 24.8 Å². The van der Waals surface area contributed by atoms with Crippen molar-refractivity contribution in [2.45, 2.75) is 43.7 Å². The summed E-state index contributed by atoms with van der Waals surface area (Å²) in [5, 5.41) is 13.6. The minimum absolute atomic E-state index is 0.451. The highest BCUT2D eigenvalue weighted by molar-refractivity contribution is 5.24. The zero-order chi connectivity index (χ0) is 11.7. The van der Waals surface area contributed by atoms with Gasteiger partial charge in [0.15, 0.2) is 0 Å². The first kappa shape index (κ1) is 11.2. The highest BCUT2D eigenvalue weighted by Crippen LogP contribution is 2.41. The average molecular weight is 232 g/mol. The van der Waals surface area contributed by atoms with Crippen molar-refractivity contribution in [3.63, 3.8) is 0 Å². The molecular formula is C15H22NO+. The molecule has 17 heavy (non-hydrogen) atoms. The summed E-state index contributed by atoms with van der Waals surface area (Å²) in [6.45, 7) is 1.06. The zero-order valence-corrected chi connectivity index (χ0v) is 10.3. The van der Waals surface area contributed by atoms with Crippen LogP contribution in [0.25, 0.3) is 0 Å². The molecule has 1 aliphatic heterocycles. The van der Waals surface area contributed by atoms with Crippen molar-refractivity contribution in [2.24, 2.45) is 5.92 Å². The number of rotatable bonds is 1. The summed E-state index contributed by atoms with van der Waals surface area (Å²) in [4.78, 5) is 0. The van der Waals surface area contributed by atoms with Crippen molar-refractivity contribution in [2.75, 3.05) is 6.54 Å². The molecule has 92 valence electrons. The van der Waals surface area contributed by atoms with E-state index in [0.29, 0.717) is 12.0 Å². The zero-order valence-electron chi connectivity index (χ0n) is 10.3. The molecule has 1 aromatic rings. The maximum atomic E-state index is 11.1. The smallest absolute Gasteiger partial charge is 0.103 e. The Morgan fingerprint density at radius 1 is 1.12 bits per heavy atom. The van der Waals surface area contributed by atoms with E-state index in [4.69, 9.17) is 0 Å². The van der Waals surface area contributed by atoms with Crippen molar-refractivity contribution in [1.29, 1.82) is 0 Å². The lowest BCUT2D eigenvalue weighted by molar-refractivity contribution is -0.715. The van der Waals surface area contributed by atoms with Gasteiger partial charge in [-0.3, -0.25) is 0 Å². The van der Waals surface area contributed by atoms with Gasteiger partial charge in [0.1, 0.15) is 5.60 Å². The Kier molecular flexibility index (Phi) is 2.93. The minimum Gasteiger partial charge on any atom is -0.384 e. The standard InChI is InChI=1S/C15H21NO/c17-15(12-6-2-1-3-7-12)10-11-16-14-9-5-4-8-13(14)15/h1-3,6-7,13-14,16-17H,4-5,8-11H2/p+1/t13-,14-,15-/m0/s1. The molecule has 2 heteroatoms. The number of quaternary nitrogens is 1. The van der Waals surface area contributed by atoms with Crippen LogP contribution in [0.3, 0.4) is 0 Å². The van der Waals surface area contributed by atoms with Gasteiger partial charge >= 0.3 is 0 Å². The normalized spacial score (nSPS) is 37.5. The van der Waals surface area contributed by atoms with Crippen LogP contribution < -0.4 is 5.32 Å². The fourth-order valence-corrected chi connectivity index (χ4v) is 3.82. The number of fused-ring (bicyclic) bond motifs is 1. The Labute approximate surface area is 103 Å². The third-order valence-electron chi connectivity index (χ3n) is 4.70. The molecule has 0 aromatic heterocycles. The largest absolute Gasteiger partial charge is 0.384 e. The van der Waals surface area contributed by atoms with Crippen LogP contribution in [0, 0.1) is 5.92 Å². The van der Waals surface area contributed by atoms with Crippen LogP contribution in [-0.4, -0.2) is 17.7 Å². The Bertz CT molecular complexity index is 376. The van der Waals surface area contributed by atoms with Crippen molar-refractivity contribution in [3.05, 3.63) is 35.9 Å². The maximum absolute atomic E-state index is 11.1. The molecule has 1 saturated heterocycles. The van der Waals surface area contributed by atoms with E-state index in [1.54, 1.807) is 0 Å². The van der Waals surface area contributed by atoms with Crippen molar-refractivity contribution < 1.29 is 10.4 Å².